The minimum Gasteiger partial charge on any atom is -0.343 e. The van der Waals surface area contributed by atoms with Gasteiger partial charge in [0.25, 0.3) is 0 Å². The topological polar surface area (TPSA) is 81.7 Å². The SMILES string of the molecule is CC(C)CNCc1cn(Cc2ncon2)nn1. The first-order chi connectivity index (χ1) is 8.24. The van der Waals surface area contributed by atoms with Crippen molar-refractivity contribution in [3.05, 3.63) is 24.1 Å². The third-order valence-corrected chi connectivity index (χ3v) is 2.16. The fourth-order valence-corrected chi connectivity index (χ4v) is 1.39. The van der Waals surface area contributed by atoms with Gasteiger partial charge in [0.15, 0.2) is 5.82 Å². The molecule has 0 atom stereocenters. The van der Waals surface area contributed by atoms with Gasteiger partial charge in [0.05, 0.1) is 11.9 Å². The molecule has 1 N–H and O–H groups in total. The Bertz CT molecular complexity index is 435. The first-order valence-electron chi connectivity index (χ1n) is 5.59. The number of nitrogens with zero attached hydrogens (tertiary/aromatic N) is 5. The van der Waals surface area contributed by atoms with Gasteiger partial charge in [0.1, 0.15) is 6.54 Å². The fourth-order valence-electron chi connectivity index (χ4n) is 1.39. The average Bonchev–Trinajstić information content (AvgIpc) is 2.90. The van der Waals surface area contributed by atoms with E-state index in [0.29, 0.717) is 18.3 Å². The Morgan fingerprint density at radius 2 is 2.35 bits per heavy atom. The minimum atomic E-state index is 0.480. The van der Waals surface area contributed by atoms with E-state index >= 15 is 0 Å². The first kappa shape index (κ1) is 11.7. The number of hydrogen-bond acceptors (Lipinski definition) is 6. The summed E-state index contributed by atoms with van der Waals surface area (Å²) in [7, 11) is 0. The predicted octanol–water partition coefficient (Wildman–Crippen LogP) is 0.455. The highest BCUT2D eigenvalue weighted by atomic mass is 16.5. The van der Waals surface area contributed by atoms with Crippen LogP contribution in [0.25, 0.3) is 0 Å². The van der Waals surface area contributed by atoms with E-state index in [9.17, 15) is 0 Å². The molecule has 92 valence electrons. The Kier molecular flexibility index (Phi) is 3.81. The summed E-state index contributed by atoms with van der Waals surface area (Å²) < 4.78 is 6.34. The van der Waals surface area contributed by atoms with E-state index in [2.05, 4.69) is 44.1 Å². The summed E-state index contributed by atoms with van der Waals surface area (Å²) >= 11 is 0. The Morgan fingerprint density at radius 1 is 1.47 bits per heavy atom. The van der Waals surface area contributed by atoms with E-state index in [1.807, 2.05) is 6.20 Å². The van der Waals surface area contributed by atoms with Crippen LogP contribution in [-0.2, 0) is 13.1 Å². The van der Waals surface area contributed by atoms with Crippen LogP contribution in [-0.4, -0.2) is 31.7 Å². The summed E-state index contributed by atoms with van der Waals surface area (Å²) in [6, 6.07) is 0. The van der Waals surface area contributed by atoms with Crippen molar-refractivity contribution in [2.75, 3.05) is 6.54 Å². The summed E-state index contributed by atoms with van der Waals surface area (Å²) in [4.78, 5) is 3.92. The zero-order valence-electron chi connectivity index (χ0n) is 10.00. The molecule has 0 saturated carbocycles. The van der Waals surface area contributed by atoms with Crippen LogP contribution in [0.1, 0.15) is 25.4 Å². The van der Waals surface area contributed by atoms with Crippen LogP contribution in [0.3, 0.4) is 0 Å². The van der Waals surface area contributed by atoms with Gasteiger partial charge in [-0.15, -0.1) is 5.10 Å². The predicted molar refractivity (Wildman–Crippen MR) is 60.0 cm³/mol. The van der Waals surface area contributed by atoms with Crippen molar-refractivity contribution in [2.24, 2.45) is 5.92 Å². The number of hydrogen-bond donors (Lipinski definition) is 1. The average molecular weight is 236 g/mol. The van der Waals surface area contributed by atoms with Crippen molar-refractivity contribution in [3.63, 3.8) is 0 Å². The number of aromatic nitrogens is 5. The van der Waals surface area contributed by atoms with Gasteiger partial charge in [0, 0.05) is 6.54 Å². The van der Waals surface area contributed by atoms with E-state index in [4.69, 9.17) is 0 Å². The Hall–Kier alpha value is -1.76. The molecule has 2 rings (SSSR count). The zero-order valence-corrected chi connectivity index (χ0v) is 10.00. The molecule has 0 unspecified atom stereocenters. The lowest BCUT2D eigenvalue weighted by Gasteiger charge is -2.04. The van der Waals surface area contributed by atoms with Crippen LogP contribution >= 0.6 is 0 Å². The highest BCUT2D eigenvalue weighted by molar-refractivity contribution is 4.93. The lowest BCUT2D eigenvalue weighted by atomic mass is 10.2. The highest BCUT2D eigenvalue weighted by Crippen LogP contribution is 1.97. The van der Waals surface area contributed by atoms with Crippen molar-refractivity contribution in [2.45, 2.75) is 26.9 Å². The van der Waals surface area contributed by atoms with Crippen LogP contribution in [0, 0.1) is 5.92 Å². The Labute approximate surface area is 99.2 Å². The molecule has 0 aliphatic carbocycles. The van der Waals surface area contributed by atoms with Crippen LogP contribution in [0.4, 0.5) is 0 Å². The number of rotatable bonds is 6. The van der Waals surface area contributed by atoms with Crippen molar-refractivity contribution < 1.29 is 4.52 Å². The van der Waals surface area contributed by atoms with Gasteiger partial charge in [-0.05, 0) is 12.5 Å². The molecule has 0 bridgehead atoms. The molecule has 0 saturated heterocycles. The molecular weight excluding hydrogens is 220 g/mol. The van der Waals surface area contributed by atoms with E-state index in [-0.39, 0.29) is 0 Å². The smallest absolute Gasteiger partial charge is 0.213 e. The molecular formula is C10H16N6O. The fraction of sp³-hybridized carbons (Fsp3) is 0.600. The van der Waals surface area contributed by atoms with Crippen molar-refractivity contribution in [1.82, 2.24) is 30.5 Å². The summed E-state index contributed by atoms with van der Waals surface area (Å²) in [6.45, 7) is 6.51. The molecule has 0 fully saturated rings. The van der Waals surface area contributed by atoms with Gasteiger partial charge in [0.2, 0.25) is 6.39 Å². The highest BCUT2D eigenvalue weighted by Gasteiger charge is 2.04. The van der Waals surface area contributed by atoms with Gasteiger partial charge in [-0.2, -0.15) is 4.98 Å². The standard InChI is InChI=1S/C10H16N6O/c1-8(2)3-11-4-9-5-16(15-13-9)6-10-12-7-17-14-10/h5,7-8,11H,3-4,6H2,1-2H3. The van der Waals surface area contributed by atoms with Crippen LogP contribution < -0.4 is 5.32 Å². The van der Waals surface area contributed by atoms with Gasteiger partial charge in [-0.3, -0.25) is 0 Å². The first-order valence-corrected chi connectivity index (χ1v) is 5.59. The van der Waals surface area contributed by atoms with Crippen molar-refractivity contribution in [1.29, 1.82) is 0 Å². The van der Waals surface area contributed by atoms with E-state index < -0.39 is 0 Å². The molecule has 2 heterocycles. The molecule has 0 radical (unpaired) electrons. The molecule has 0 amide bonds. The molecule has 17 heavy (non-hydrogen) atoms. The largest absolute Gasteiger partial charge is 0.343 e. The summed E-state index contributed by atoms with van der Waals surface area (Å²) in [5.41, 5.74) is 0.911. The number of nitrogens with one attached hydrogen (secondary N) is 1. The molecule has 2 aromatic heterocycles. The zero-order chi connectivity index (χ0) is 12.1. The summed E-state index contributed by atoms with van der Waals surface area (Å²) in [6.07, 6.45) is 3.18. The van der Waals surface area contributed by atoms with Crippen LogP contribution in [0.2, 0.25) is 0 Å². The third-order valence-electron chi connectivity index (χ3n) is 2.16. The van der Waals surface area contributed by atoms with Crippen molar-refractivity contribution in [3.8, 4) is 0 Å². The van der Waals surface area contributed by atoms with Gasteiger partial charge in [-0.1, -0.05) is 24.2 Å². The second-order valence-corrected chi connectivity index (χ2v) is 4.28. The maximum Gasteiger partial charge on any atom is 0.213 e. The molecule has 7 heteroatoms. The Balaban J connectivity index is 1.83. The third kappa shape index (κ3) is 3.63. The monoisotopic (exact) mass is 236 g/mol. The van der Waals surface area contributed by atoms with E-state index in [1.165, 1.54) is 6.39 Å². The van der Waals surface area contributed by atoms with E-state index in [1.54, 1.807) is 4.68 Å². The molecule has 0 aliphatic heterocycles. The normalized spacial score (nSPS) is 11.2. The van der Waals surface area contributed by atoms with Crippen LogP contribution in [0.15, 0.2) is 17.1 Å². The molecule has 2 aromatic rings. The van der Waals surface area contributed by atoms with Gasteiger partial charge < -0.3 is 9.84 Å². The maximum absolute atomic E-state index is 4.65. The molecule has 7 nitrogen and oxygen atoms in total. The lowest BCUT2D eigenvalue weighted by molar-refractivity contribution is 0.406. The minimum absolute atomic E-state index is 0.480. The lowest BCUT2D eigenvalue weighted by Crippen LogP contribution is -2.19. The second-order valence-electron chi connectivity index (χ2n) is 4.28. The molecule has 0 aromatic carbocycles. The van der Waals surface area contributed by atoms with Crippen molar-refractivity contribution >= 4 is 0 Å². The quantitative estimate of drug-likeness (QED) is 0.784. The van der Waals surface area contributed by atoms with Gasteiger partial charge >= 0.3 is 0 Å². The molecule has 0 spiro atoms. The van der Waals surface area contributed by atoms with Crippen LogP contribution in [0.5, 0.6) is 0 Å². The van der Waals surface area contributed by atoms with E-state index in [0.717, 1.165) is 18.8 Å². The Morgan fingerprint density at radius 3 is 3.06 bits per heavy atom. The van der Waals surface area contributed by atoms with Gasteiger partial charge in [-0.25, -0.2) is 4.68 Å². The second kappa shape index (κ2) is 5.53. The summed E-state index contributed by atoms with van der Waals surface area (Å²) in [5, 5.41) is 15.1. The maximum atomic E-state index is 4.65. The summed E-state index contributed by atoms with van der Waals surface area (Å²) in [5.74, 6) is 1.22. The molecule has 0 aliphatic rings.